The van der Waals surface area contributed by atoms with E-state index in [0.29, 0.717) is 0 Å². The lowest BCUT2D eigenvalue weighted by Crippen LogP contribution is -2.40. The number of hydrogen-bond acceptors (Lipinski definition) is 0. The minimum Gasteiger partial charge on any atom is -0.328 e. The number of nitrogens with zero attached hydrogens (tertiary/aromatic N) is 1. The van der Waals surface area contributed by atoms with Gasteiger partial charge >= 0.3 is 0 Å². The predicted molar refractivity (Wildman–Crippen MR) is 69.8 cm³/mol. The fraction of sp³-hybridized carbons (Fsp3) is 0.929. The molecular formula is C14H31N+. The lowest BCUT2D eigenvalue weighted by molar-refractivity contribution is -0.890. The van der Waals surface area contributed by atoms with E-state index in [1.54, 1.807) is 0 Å². The third-order valence-electron chi connectivity index (χ3n) is 3.13. The van der Waals surface area contributed by atoms with Crippen LogP contribution in [0.5, 0.6) is 0 Å². The number of hydrogen-bond donors (Lipinski definition) is 0. The molecule has 0 N–H and O–H groups in total. The van der Waals surface area contributed by atoms with Gasteiger partial charge in [-0.05, 0) is 26.2 Å². The first-order chi connectivity index (χ1) is 7.12. The van der Waals surface area contributed by atoms with E-state index >= 15 is 0 Å². The van der Waals surface area contributed by atoms with E-state index in [1.165, 1.54) is 58.0 Å². The van der Waals surface area contributed by atoms with Crippen molar-refractivity contribution in [2.24, 2.45) is 0 Å². The zero-order valence-corrected chi connectivity index (χ0v) is 11.2. The summed E-state index contributed by atoms with van der Waals surface area (Å²) < 4.78 is 1.15. The molecule has 1 nitrogen and oxygen atoms in total. The fourth-order valence-corrected chi connectivity index (χ4v) is 2.04. The average molecular weight is 213 g/mol. The van der Waals surface area contributed by atoms with Crippen LogP contribution < -0.4 is 0 Å². The monoisotopic (exact) mass is 213 g/mol. The summed E-state index contributed by atoms with van der Waals surface area (Å²) in [7, 11) is 4.64. The van der Waals surface area contributed by atoms with E-state index in [0.717, 1.165) is 10.9 Å². The molecule has 91 valence electrons. The Morgan fingerprint density at radius 2 is 1.33 bits per heavy atom. The van der Waals surface area contributed by atoms with Crippen molar-refractivity contribution < 1.29 is 4.48 Å². The normalized spacial score (nSPS) is 12.0. The predicted octanol–water partition coefficient (Wildman–Crippen LogP) is 4.04. The van der Waals surface area contributed by atoms with E-state index < -0.39 is 0 Å². The second-order valence-electron chi connectivity index (χ2n) is 5.36. The van der Waals surface area contributed by atoms with Crippen molar-refractivity contribution in [2.75, 3.05) is 27.2 Å². The first-order valence-corrected chi connectivity index (χ1v) is 6.73. The van der Waals surface area contributed by atoms with Crippen LogP contribution in [0.25, 0.3) is 0 Å². The van der Waals surface area contributed by atoms with Gasteiger partial charge in [0, 0.05) is 0 Å². The molecule has 0 aliphatic carbocycles. The van der Waals surface area contributed by atoms with Gasteiger partial charge in [0.25, 0.3) is 0 Å². The van der Waals surface area contributed by atoms with E-state index in [9.17, 15) is 0 Å². The Kier molecular flexibility index (Phi) is 9.18. The zero-order chi connectivity index (χ0) is 11.6. The third-order valence-corrected chi connectivity index (χ3v) is 3.13. The zero-order valence-electron chi connectivity index (χ0n) is 11.2. The maximum Gasteiger partial charge on any atom is 0.0782 e. The summed E-state index contributed by atoms with van der Waals surface area (Å²) in [5.41, 5.74) is 0. The number of quaternary nitrogens is 1. The first kappa shape index (κ1) is 15.0. The van der Waals surface area contributed by atoms with Gasteiger partial charge < -0.3 is 4.48 Å². The van der Waals surface area contributed by atoms with Crippen LogP contribution in [0, 0.1) is 6.92 Å². The molecule has 0 saturated heterocycles. The molecule has 0 aliphatic heterocycles. The number of rotatable bonds is 10. The Bertz CT molecular complexity index is 129. The molecule has 0 fully saturated rings. The summed E-state index contributed by atoms with van der Waals surface area (Å²) in [6.07, 6.45) is 11.0. The van der Waals surface area contributed by atoms with Crippen molar-refractivity contribution in [1.29, 1.82) is 0 Å². The summed E-state index contributed by atoms with van der Waals surface area (Å²) in [5, 5.41) is 0. The lowest BCUT2D eigenvalue weighted by Gasteiger charge is -2.29. The highest BCUT2D eigenvalue weighted by Gasteiger charge is 2.11. The molecule has 0 spiro atoms. The Labute approximate surface area is 97.5 Å². The maximum absolute atomic E-state index is 3.93. The van der Waals surface area contributed by atoms with Crippen LogP contribution in [0.4, 0.5) is 0 Å². The van der Waals surface area contributed by atoms with Crippen molar-refractivity contribution in [1.82, 2.24) is 0 Å². The topological polar surface area (TPSA) is 0 Å². The quantitative estimate of drug-likeness (QED) is 0.379. The van der Waals surface area contributed by atoms with Crippen molar-refractivity contribution in [3.05, 3.63) is 6.92 Å². The fourth-order valence-electron chi connectivity index (χ4n) is 2.04. The van der Waals surface area contributed by atoms with Crippen molar-refractivity contribution in [3.63, 3.8) is 0 Å². The summed E-state index contributed by atoms with van der Waals surface area (Å²) >= 11 is 0. The molecule has 0 aromatic carbocycles. The van der Waals surface area contributed by atoms with Gasteiger partial charge in [-0.15, -0.1) is 0 Å². The Balaban J connectivity index is 3.22. The Morgan fingerprint density at radius 1 is 0.800 bits per heavy atom. The molecule has 0 aliphatic rings. The van der Waals surface area contributed by atoms with Crippen molar-refractivity contribution in [2.45, 2.75) is 58.3 Å². The molecule has 0 unspecified atom stereocenters. The largest absolute Gasteiger partial charge is 0.328 e. The smallest absolute Gasteiger partial charge is 0.0782 e. The van der Waals surface area contributed by atoms with Gasteiger partial charge in [0.1, 0.15) is 0 Å². The molecule has 0 bridgehead atoms. The van der Waals surface area contributed by atoms with Gasteiger partial charge in [-0.2, -0.15) is 0 Å². The van der Waals surface area contributed by atoms with Crippen LogP contribution in [0.1, 0.15) is 58.3 Å². The van der Waals surface area contributed by atoms with Crippen LogP contribution in [0.15, 0.2) is 0 Å². The maximum atomic E-state index is 3.93. The minimum absolute atomic E-state index is 1.06. The van der Waals surface area contributed by atoms with Crippen molar-refractivity contribution in [3.8, 4) is 0 Å². The second kappa shape index (κ2) is 9.21. The standard InChI is InChI=1S/C14H31N/c1-5-7-8-9-10-11-12-14-15(3,4)13-6-2/h2,5-14H2,1,3-4H3/q+1. The molecule has 1 heteroatoms. The Morgan fingerprint density at radius 3 is 1.87 bits per heavy atom. The minimum atomic E-state index is 1.06. The molecule has 0 saturated carbocycles. The average Bonchev–Trinajstić information content (AvgIpc) is 2.16. The summed E-state index contributed by atoms with van der Waals surface area (Å²) in [5.74, 6) is 0. The van der Waals surface area contributed by atoms with E-state index in [1.807, 2.05) is 0 Å². The SMILES string of the molecule is [CH2]CC[N+](C)(C)CCCCCCCCC. The highest BCUT2D eigenvalue weighted by molar-refractivity contribution is 4.46. The van der Waals surface area contributed by atoms with Gasteiger partial charge in [0.05, 0.1) is 27.2 Å². The number of unbranched alkanes of at least 4 members (excludes halogenated alkanes) is 6. The molecule has 0 heterocycles. The van der Waals surface area contributed by atoms with Crippen LogP contribution in [-0.4, -0.2) is 31.7 Å². The van der Waals surface area contributed by atoms with Gasteiger partial charge in [-0.3, -0.25) is 0 Å². The Hall–Kier alpha value is -0.0400. The molecule has 1 radical (unpaired) electrons. The second-order valence-corrected chi connectivity index (χ2v) is 5.36. The molecule has 0 aromatic heterocycles. The van der Waals surface area contributed by atoms with Crippen LogP contribution in [-0.2, 0) is 0 Å². The third kappa shape index (κ3) is 10.2. The molecule has 0 rings (SSSR count). The highest BCUT2D eigenvalue weighted by Crippen LogP contribution is 2.09. The summed E-state index contributed by atoms with van der Waals surface area (Å²) in [6, 6.07) is 0. The van der Waals surface area contributed by atoms with Crippen LogP contribution >= 0.6 is 0 Å². The molecular weight excluding hydrogens is 182 g/mol. The lowest BCUT2D eigenvalue weighted by atomic mass is 10.1. The van der Waals surface area contributed by atoms with Crippen molar-refractivity contribution >= 4 is 0 Å². The van der Waals surface area contributed by atoms with Gasteiger partial charge in [0.15, 0.2) is 0 Å². The summed E-state index contributed by atoms with van der Waals surface area (Å²) in [4.78, 5) is 0. The van der Waals surface area contributed by atoms with E-state index in [2.05, 4.69) is 27.9 Å². The van der Waals surface area contributed by atoms with Gasteiger partial charge in [0.2, 0.25) is 0 Å². The molecule has 0 aromatic rings. The van der Waals surface area contributed by atoms with E-state index in [4.69, 9.17) is 0 Å². The van der Waals surface area contributed by atoms with Crippen LogP contribution in [0.2, 0.25) is 0 Å². The van der Waals surface area contributed by atoms with Gasteiger partial charge in [-0.25, -0.2) is 0 Å². The summed E-state index contributed by atoms with van der Waals surface area (Å²) in [6.45, 7) is 8.75. The highest BCUT2D eigenvalue weighted by atomic mass is 15.3. The molecule has 0 amide bonds. The molecule has 15 heavy (non-hydrogen) atoms. The first-order valence-electron chi connectivity index (χ1n) is 6.73. The molecule has 0 atom stereocenters. The van der Waals surface area contributed by atoms with Crippen LogP contribution in [0.3, 0.4) is 0 Å². The van der Waals surface area contributed by atoms with Gasteiger partial charge in [-0.1, -0.05) is 39.0 Å². The van der Waals surface area contributed by atoms with E-state index in [-0.39, 0.29) is 0 Å².